The molecule has 102 valence electrons. The Kier molecular flexibility index (Phi) is 3.53. The fraction of sp³-hybridized carbons (Fsp3) is 0.533. The first-order chi connectivity index (χ1) is 9.22. The summed E-state index contributed by atoms with van der Waals surface area (Å²) in [5.41, 5.74) is 2.69. The average Bonchev–Trinajstić information content (AvgIpc) is 2.78. The van der Waals surface area contributed by atoms with Crippen LogP contribution in [-0.4, -0.2) is 42.2 Å². The Labute approximate surface area is 113 Å². The van der Waals surface area contributed by atoms with Crippen LogP contribution in [0.2, 0.25) is 0 Å². The fourth-order valence-corrected chi connectivity index (χ4v) is 2.86. The lowest BCUT2D eigenvalue weighted by molar-refractivity contribution is -0.141. The molecule has 0 saturated carbocycles. The minimum Gasteiger partial charge on any atom is -0.481 e. The van der Waals surface area contributed by atoms with E-state index in [4.69, 9.17) is 5.11 Å². The van der Waals surface area contributed by atoms with Gasteiger partial charge in [0.1, 0.15) is 0 Å². The standard InChI is InChI=1S/C15H20N2O2/c18-15(19)13-5-6-17(10-13)9-11-1-3-12(4-2-11)14-7-16-8-14/h1-4,13-14,16H,5-10H2,(H,18,19). The zero-order chi connectivity index (χ0) is 13.2. The molecule has 3 rings (SSSR count). The van der Waals surface area contributed by atoms with E-state index in [-0.39, 0.29) is 5.92 Å². The van der Waals surface area contributed by atoms with Crippen LogP contribution in [-0.2, 0) is 11.3 Å². The van der Waals surface area contributed by atoms with Gasteiger partial charge in [0.15, 0.2) is 0 Å². The van der Waals surface area contributed by atoms with Gasteiger partial charge in [-0.1, -0.05) is 24.3 Å². The number of carbonyl (C=O) groups is 1. The predicted molar refractivity (Wildman–Crippen MR) is 73.1 cm³/mol. The number of benzene rings is 1. The molecule has 1 aromatic carbocycles. The summed E-state index contributed by atoms with van der Waals surface area (Å²) < 4.78 is 0. The molecular weight excluding hydrogens is 240 g/mol. The fourth-order valence-electron chi connectivity index (χ4n) is 2.86. The molecule has 4 nitrogen and oxygen atoms in total. The number of likely N-dealkylation sites (tertiary alicyclic amines) is 1. The number of nitrogens with one attached hydrogen (secondary N) is 1. The van der Waals surface area contributed by atoms with Gasteiger partial charge in [0.05, 0.1) is 5.92 Å². The molecule has 0 amide bonds. The SMILES string of the molecule is O=C(O)C1CCN(Cc2ccc(C3CNC3)cc2)C1. The Morgan fingerprint density at radius 1 is 1.32 bits per heavy atom. The van der Waals surface area contributed by atoms with E-state index >= 15 is 0 Å². The highest BCUT2D eigenvalue weighted by Gasteiger charge is 2.27. The Balaban J connectivity index is 1.56. The molecule has 19 heavy (non-hydrogen) atoms. The number of carboxylic acid groups (broad SMARTS) is 1. The molecule has 2 heterocycles. The van der Waals surface area contributed by atoms with Crippen molar-refractivity contribution in [1.82, 2.24) is 10.2 Å². The van der Waals surface area contributed by atoms with Gasteiger partial charge in [0.2, 0.25) is 0 Å². The van der Waals surface area contributed by atoms with Crippen LogP contribution in [0.25, 0.3) is 0 Å². The van der Waals surface area contributed by atoms with Crippen LogP contribution in [0.5, 0.6) is 0 Å². The van der Waals surface area contributed by atoms with Gasteiger partial charge in [0.25, 0.3) is 0 Å². The van der Waals surface area contributed by atoms with Crippen LogP contribution in [0.15, 0.2) is 24.3 Å². The molecule has 1 atom stereocenters. The molecular formula is C15H20N2O2. The minimum absolute atomic E-state index is 0.180. The third-order valence-electron chi connectivity index (χ3n) is 4.26. The Bertz CT molecular complexity index is 454. The predicted octanol–water partition coefficient (Wildman–Crippen LogP) is 1.28. The molecule has 2 aliphatic heterocycles. The van der Waals surface area contributed by atoms with Crippen molar-refractivity contribution in [3.63, 3.8) is 0 Å². The zero-order valence-corrected chi connectivity index (χ0v) is 11.0. The van der Waals surface area contributed by atoms with E-state index < -0.39 is 5.97 Å². The number of aliphatic carboxylic acids is 1. The minimum atomic E-state index is -0.657. The zero-order valence-electron chi connectivity index (χ0n) is 11.0. The normalized spacial score (nSPS) is 24.3. The summed E-state index contributed by atoms with van der Waals surface area (Å²) in [7, 11) is 0. The van der Waals surface area contributed by atoms with Crippen LogP contribution >= 0.6 is 0 Å². The van der Waals surface area contributed by atoms with Crippen LogP contribution in [0.4, 0.5) is 0 Å². The third-order valence-corrected chi connectivity index (χ3v) is 4.26. The van der Waals surface area contributed by atoms with Gasteiger partial charge in [-0.25, -0.2) is 0 Å². The van der Waals surface area contributed by atoms with Crippen LogP contribution in [0, 0.1) is 5.92 Å². The molecule has 4 heteroatoms. The Hall–Kier alpha value is -1.39. The smallest absolute Gasteiger partial charge is 0.307 e. The maximum atomic E-state index is 10.9. The van der Waals surface area contributed by atoms with Crippen molar-refractivity contribution in [1.29, 1.82) is 0 Å². The van der Waals surface area contributed by atoms with Crippen molar-refractivity contribution in [2.45, 2.75) is 18.9 Å². The van der Waals surface area contributed by atoms with Gasteiger partial charge < -0.3 is 10.4 Å². The van der Waals surface area contributed by atoms with E-state index in [2.05, 4.69) is 34.5 Å². The van der Waals surface area contributed by atoms with Crippen molar-refractivity contribution in [2.24, 2.45) is 5.92 Å². The average molecular weight is 260 g/mol. The number of hydrogen-bond donors (Lipinski definition) is 2. The molecule has 0 aliphatic carbocycles. The van der Waals surface area contributed by atoms with Crippen molar-refractivity contribution in [3.8, 4) is 0 Å². The molecule has 1 aromatic rings. The van der Waals surface area contributed by atoms with Gasteiger partial charge in [-0.3, -0.25) is 9.69 Å². The summed E-state index contributed by atoms with van der Waals surface area (Å²) >= 11 is 0. The van der Waals surface area contributed by atoms with Crippen molar-refractivity contribution in [3.05, 3.63) is 35.4 Å². The molecule has 1 unspecified atom stereocenters. The second kappa shape index (κ2) is 5.31. The number of hydrogen-bond acceptors (Lipinski definition) is 3. The quantitative estimate of drug-likeness (QED) is 0.856. The lowest BCUT2D eigenvalue weighted by atomic mass is 9.93. The van der Waals surface area contributed by atoms with Gasteiger partial charge in [-0.2, -0.15) is 0 Å². The largest absolute Gasteiger partial charge is 0.481 e. The van der Waals surface area contributed by atoms with Gasteiger partial charge in [0, 0.05) is 32.1 Å². The summed E-state index contributed by atoms with van der Waals surface area (Å²) in [6, 6.07) is 8.79. The molecule has 2 saturated heterocycles. The highest BCUT2D eigenvalue weighted by atomic mass is 16.4. The summed E-state index contributed by atoms with van der Waals surface area (Å²) in [6.45, 7) is 4.62. The number of nitrogens with zero attached hydrogens (tertiary/aromatic N) is 1. The second-order valence-corrected chi connectivity index (χ2v) is 5.66. The first-order valence-electron chi connectivity index (χ1n) is 6.97. The summed E-state index contributed by atoms with van der Waals surface area (Å²) in [6.07, 6.45) is 0.779. The lowest BCUT2D eigenvalue weighted by Crippen LogP contribution is -2.39. The van der Waals surface area contributed by atoms with E-state index in [1.54, 1.807) is 0 Å². The van der Waals surface area contributed by atoms with E-state index in [9.17, 15) is 4.79 Å². The molecule has 0 radical (unpaired) electrons. The monoisotopic (exact) mass is 260 g/mol. The maximum Gasteiger partial charge on any atom is 0.307 e. The van der Waals surface area contributed by atoms with Gasteiger partial charge >= 0.3 is 5.97 Å². The lowest BCUT2D eigenvalue weighted by Gasteiger charge is -2.27. The van der Waals surface area contributed by atoms with E-state index in [1.807, 2.05) is 0 Å². The van der Waals surface area contributed by atoms with Gasteiger partial charge in [-0.05, 0) is 24.1 Å². The van der Waals surface area contributed by atoms with Crippen molar-refractivity contribution in [2.75, 3.05) is 26.2 Å². The maximum absolute atomic E-state index is 10.9. The Morgan fingerprint density at radius 3 is 2.58 bits per heavy atom. The van der Waals surface area contributed by atoms with E-state index in [0.717, 1.165) is 32.6 Å². The molecule has 2 fully saturated rings. The Morgan fingerprint density at radius 2 is 2.05 bits per heavy atom. The summed E-state index contributed by atoms with van der Waals surface area (Å²) in [5, 5.41) is 12.3. The van der Waals surface area contributed by atoms with Crippen LogP contribution < -0.4 is 5.32 Å². The molecule has 2 aliphatic rings. The number of rotatable bonds is 4. The second-order valence-electron chi connectivity index (χ2n) is 5.66. The first kappa shape index (κ1) is 12.6. The van der Waals surface area contributed by atoms with Crippen LogP contribution in [0.3, 0.4) is 0 Å². The molecule has 0 spiro atoms. The highest BCUT2D eigenvalue weighted by Crippen LogP contribution is 2.22. The summed E-state index contributed by atoms with van der Waals surface area (Å²) in [4.78, 5) is 13.2. The first-order valence-corrected chi connectivity index (χ1v) is 6.97. The van der Waals surface area contributed by atoms with Gasteiger partial charge in [-0.15, -0.1) is 0 Å². The van der Waals surface area contributed by atoms with E-state index in [0.29, 0.717) is 12.5 Å². The number of carboxylic acids is 1. The van der Waals surface area contributed by atoms with Crippen LogP contribution in [0.1, 0.15) is 23.5 Å². The molecule has 0 aromatic heterocycles. The van der Waals surface area contributed by atoms with Crippen molar-refractivity contribution < 1.29 is 9.90 Å². The third kappa shape index (κ3) is 2.80. The summed E-state index contributed by atoms with van der Waals surface area (Å²) in [5.74, 6) is -0.159. The van der Waals surface area contributed by atoms with E-state index in [1.165, 1.54) is 11.1 Å². The highest BCUT2D eigenvalue weighted by molar-refractivity contribution is 5.70. The van der Waals surface area contributed by atoms with Crippen molar-refractivity contribution >= 4 is 5.97 Å². The topological polar surface area (TPSA) is 52.6 Å². The molecule has 2 N–H and O–H groups in total. The molecule has 0 bridgehead atoms.